The fourth-order valence-corrected chi connectivity index (χ4v) is 4.73. The Morgan fingerprint density at radius 1 is 1.10 bits per heavy atom. The first kappa shape index (κ1) is 19.7. The van der Waals surface area contributed by atoms with E-state index in [4.69, 9.17) is 4.74 Å². The number of benzene rings is 2. The van der Waals surface area contributed by atoms with Gasteiger partial charge in [-0.3, -0.25) is 14.5 Å². The summed E-state index contributed by atoms with van der Waals surface area (Å²) in [5.41, 5.74) is 0.0491. The number of para-hydroxylation sites is 2. The molecule has 8 nitrogen and oxygen atoms in total. The molecule has 9 heteroatoms. The average molecular weight is 424 g/mol. The van der Waals surface area contributed by atoms with E-state index in [1.807, 2.05) is 0 Å². The third-order valence-electron chi connectivity index (χ3n) is 4.66. The lowest BCUT2D eigenvalue weighted by molar-refractivity contribution is -0.140. The minimum atomic E-state index is -2.03. The van der Waals surface area contributed by atoms with E-state index in [0.717, 1.165) is 16.7 Å². The number of ether oxygens (including phenoxy) is 1. The van der Waals surface area contributed by atoms with Crippen LogP contribution in [0.2, 0.25) is 0 Å². The Labute approximate surface area is 175 Å². The lowest BCUT2D eigenvalue weighted by Crippen LogP contribution is -2.51. The van der Waals surface area contributed by atoms with E-state index in [9.17, 15) is 24.6 Å². The molecule has 1 spiro atoms. The van der Waals surface area contributed by atoms with Gasteiger partial charge in [0.2, 0.25) is 4.87 Å². The second-order valence-corrected chi connectivity index (χ2v) is 7.59. The molecule has 0 aliphatic carbocycles. The van der Waals surface area contributed by atoms with E-state index in [2.05, 4.69) is 4.99 Å². The van der Waals surface area contributed by atoms with E-state index >= 15 is 0 Å². The van der Waals surface area contributed by atoms with Gasteiger partial charge in [-0.2, -0.15) is 0 Å². The smallest absolute Gasteiger partial charge is 0.341 e. The van der Waals surface area contributed by atoms with E-state index < -0.39 is 34.0 Å². The summed E-state index contributed by atoms with van der Waals surface area (Å²) in [6, 6.07) is 14.6. The number of aliphatic hydroxyl groups excluding tert-OH is 1. The minimum Gasteiger partial charge on any atom is -0.506 e. The molecule has 4 rings (SSSR count). The fraction of sp³-hybridized carbons (Fsp3) is 0.143. The molecule has 2 aliphatic rings. The molecule has 0 radical (unpaired) electrons. The van der Waals surface area contributed by atoms with Crippen LogP contribution in [0.15, 0.2) is 70.9 Å². The summed E-state index contributed by atoms with van der Waals surface area (Å²) in [6.07, 6.45) is 0. The first-order valence-electron chi connectivity index (χ1n) is 9.02. The maximum Gasteiger partial charge on any atom is 0.341 e. The van der Waals surface area contributed by atoms with Gasteiger partial charge in [-0.1, -0.05) is 54.2 Å². The van der Waals surface area contributed by atoms with E-state index in [-0.39, 0.29) is 23.1 Å². The highest BCUT2D eigenvalue weighted by Gasteiger charge is 2.65. The zero-order valence-electron chi connectivity index (χ0n) is 15.7. The number of phenolic OH excluding ortho intramolecular Hbond substituents is 1. The van der Waals surface area contributed by atoms with Crippen LogP contribution >= 0.6 is 11.8 Å². The number of thioether (sulfide) groups is 1. The van der Waals surface area contributed by atoms with Crippen LogP contribution in [0.25, 0.3) is 0 Å². The standard InChI is InChI=1S/C21H16N2O6S/c1-2-29-19(27)15-16(25)18(26)23(13-10-6-7-11-14(13)24)21(15)20(28)22-17(30-21)12-8-4-3-5-9-12/h3-11,24-25H,2H2,1H3. The molecule has 0 aromatic heterocycles. The molecule has 2 aromatic rings. The van der Waals surface area contributed by atoms with Crippen molar-refractivity contribution in [1.82, 2.24) is 0 Å². The van der Waals surface area contributed by atoms with Crippen molar-refractivity contribution in [3.05, 3.63) is 71.5 Å². The highest BCUT2D eigenvalue weighted by atomic mass is 32.2. The fourth-order valence-electron chi connectivity index (χ4n) is 3.38. The highest BCUT2D eigenvalue weighted by molar-refractivity contribution is 8.17. The van der Waals surface area contributed by atoms with Gasteiger partial charge < -0.3 is 14.9 Å². The van der Waals surface area contributed by atoms with Gasteiger partial charge in [0, 0.05) is 5.56 Å². The molecule has 0 saturated heterocycles. The molecule has 30 heavy (non-hydrogen) atoms. The Morgan fingerprint density at radius 2 is 1.77 bits per heavy atom. The number of nitrogens with zero attached hydrogens (tertiary/aromatic N) is 2. The number of carbonyl (C=O) groups excluding carboxylic acids is 3. The molecule has 152 valence electrons. The number of hydrogen-bond donors (Lipinski definition) is 2. The van der Waals surface area contributed by atoms with E-state index in [0.29, 0.717) is 5.56 Å². The molecule has 1 atom stereocenters. The van der Waals surface area contributed by atoms with Crippen molar-refractivity contribution in [3.63, 3.8) is 0 Å². The summed E-state index contributed by atoms with van der Waals surface area (Å²) in [7, 11) is 0. The van der Waals surface area contributed by atoms with Crippen molar-refractivity contribution in [2.45, 2.75) is 11.8 Å². The quantitative estimate of drug-likeness (QED) is 0.725. The number of hydrogen-bond acceptors (Lipinski definition) is 7. The molecule has 1 unspecified atom stereocenters. The topological polar surface area (TPSA) is 116 Å². The lowest BCUT2D eigenvalue weighted by atomic mass is 10.1. The van der Waals surface area contributed by atoms with Gasteiger partial charge in [0.15, 0.2) is 5.76 Å². The van der Waals surface area contributed by atoms with Gasteiger partial charge in [-0.15, -0.1) is 0 Å². The van der Waals surface area contributed by atoms with Crippen LogP contribution < -0.4 is 4.90 Å². The molecule has 2 aliphatic heterocycles. The number of rotatable bonds is 4. The van der Waals surface area contributed by atoms with Gasteiger partial charge >= 0.3 is 5.97 Å². The largest absolute Gasteiger partial charge is 0.506 e. The predicted octanol–water partition coefficient (Wildman–Crippen LogP) is 2.53. The van der Waals surface area contributed by atoms with Crippen molar-refractivity contribution in [3.8, 4) is 5.75 Å². The summed E-state index contributed by atoms with van der Waals surface area (Å²) in [5, 5.41) is 21.2. The monoisotopic (exact) mass is 424 g/mol. The third-order valence-corrected chi connectivity index (χ3v) is 6.03. The molecule has 2 aromatic carbocycles. The molecule has 0 bridgehead atoms. The van der Waals surface area contributed by atoms with E-state index in [1.165, 1.54) is 12.1 Å². The summed E-state index contributed by atoms with van der Waals surface area (Å²) in [6.45, 7) is 1.54. The van der Waals surface area contributed by atoms with Crippen LogP contribution in [-0.2, 0) is 19.1 Å². The number of aliphatic imine (C=N–C) groups is 1. The van der Waals surface area contributed by atoms with Crippen LogP contribution in [0.1, 0.15) is 12.5 Å². The third kappa shape index (κ3) is 2.78. The molecule has 2 heterocycles. The number of carbonyl (C=O) groups is 3. The number of aromatic hydroxyl groups is 1. The van der Waals surface area contributed by atoms with Crippen LogP contribution in [0.4, 0.5) is 5.69 Å². The Hall–Kier alpha value is -3.59. The number of amides is 2. The maximum atomic E-state index is 13.3. The Morgan fingerprint density at radius 3 is 2.43 bits per heavy atom. The van der Waals surface area contributed by atoms with Gasteiger partial charge in [-0.25, -0.2) is 9.79 Å². The maximum absolute atomic E-state index is 13.3. The molecular weight excluding hydrogens is 408 g/mol. The first-order chi connectivity index (χ1) is 14.4. The highest BCUT2D eigenvalue weighted by Crippen LogP contribution is 2.53. The lowest BCUT2D eigenvalue weighted by Gasteiger charge is -2.33. The van der Waals surface area contributed by atoms with Crippen LogP contribution in [0.3, 0.4) is 0 Å². The normalized spacial score (nSPS) is 20.8. The number of phenols is 1. The molecule has 2 N–H and O–H groups in total. The molecular formula is C21H16N2O6S. The Bertz CT molecular complexity index is 1130. The molecule has 2 amide bonds. The predicted molar refractivity (Wildman–Crippen MR) is 110 cm³/mol. The van der Waals surface area contributed by atoms with Crippen molar-refractivity contribution in [2.75, 3.05) is 11.5 Å². The SMILES string of the molecule is CCOC(=O)C1=C(O)C(=O)N(c2ccccc2O)C12SC(c1ccccc1)=NC2=O. The zero-order chi connectivity index (χ0) is 21.5. The molecule has 0 saturated carbocycles. The number of anilines is 1. The van der Waals surface area contributed by atoms with Crippen molar-refractivity contribution in [2.24, 2.45) is 4.99 Å². The van der Waals surface area contributed by atoms with Crippen LogP contribution in [-0.4, -0.2) is 44.5 Å². The average Bonchev–Trinajstić information content (AvgIpc) is 3.18. The zero-order valence-corrected chi connectivity index (χ0v) is 16.5. The van der Waals surface area contributed by atoms with Crippen molar-refractivity contribution in [1.29, 1.82) is 0 Å². The van der Waals surface area contributed by atoms with Crippen molar-refractivity contribution < 1.29 is 29.3 Å². The van der Waals surface area contributed by atoms with Gasteiger partial charge in [0.05, 0.1) is 12.3 Å². The van der Waals surface area contributed by atoms with Crippen molar-refractivity contribution >= 4 is 40.3 Å². The van der Waals surface area contributed by atoms with Crippen LogP contribution in [0, 0.1) is 0 Å². The summed E-state index contributed by atoms with van der Waals surface area (Å²) in [4.78, 5) is 41.9. The first-order valence-corrected chi connectivity index (χ1v) is 9.84. The van der Waals surface area contributed by atoms with Gasteiger partial charge in [0.25, 0.3) is 11.8 Å². The number of esters is 1. The van der Waals surface area contributed by atoms with Gasteiger partial charge in [-0.05, 0) is 19.1 Å². The second-order valence-electron chi connectivity index (χ2n) is 6.41. The Kier molecular flexibility index (Phi) is 4.83. The summed E-state index contributed by atoms with van der Waals surface area (Å²) in [5.74, 6) is -4.07. The minimum absolute atomic E-state index is 0.0261. The van der Waals surface area contributed by atoms with Gasteiger partial charge in [0.1, 0.15) is 16.4 Å². The van der Waals surface area contributed by atoms with E-state index in [1.54, 1.807) is 49.4 Å². The molecule has 0 fully saturated rings. The summed E-state index contributed by atoms with van der Waals surface area (Å²) >= 11 is 0.839. The van der Waals surface area contributed by atoms with Crippen LogP contribution in [0.5, 0.6) is 5.75 Å². The number of aliphatic hydroxyl groups is 1. The summed E-state index contributed by atoms with van der Waals surface area (Å²) < 4.78 is 5.02. The Balaban J connectivity index is 1.92. The second kappa shape index (κ2) is 7.34.